The molecule has 0 radical (unpaired) electrons. The third kappa shape index (κ3) is 5.22. The van der Waals surface area contributed by atoms with Crippen molar-refractivity contribution >= 4 is 11.6 Å². The first-order chi connectivity index (χ1) is 11.1. The molecular weight excluding hydrogens is 290 g/mol. The van der Waals surface area contributed by atoms with E-state index in [9.17, 15) is 4.79 Å². The molecule has 1 heterocycles. The number of carbonyl (C=O) groups is 1. The molecule has 1 atom stereocenters. The Morgan fingerprint density at radius 1 is 1.35 bits per heavy atom. The predicted octanol–water partition coefficient (Wildman–Crippen LogP) is 2.27. The van der Waals surface area contributed by atoms with E-state index in [1.165, 1.54) is 5.56 Å². The number of nitrogens with zero attached hydrogens (tertiary/aromatic N) is 1. The van der Waals surface area contributed by atoms with Crippen LogP contribution >= 0.6 is 0 Å². The molecule has 23 heavy (non-hydrogen) atoms. The van der Waals surface area contributed by atoms with Gasteiger partial charge in [0.1, 0.15) is 5.75 Å². The molecule has 1 amide bonds. The Bertz CT molecular complexity index is 513. The standard InChI is InChI=1S/C18H29N3O2/c1-4-18(22)20-16-7-6-15(13-17(16)23-5-2)12-14(3)21-10-8-19-9-11-21/h6-7,13-14,19H,4-5,8-12H2,1-3H3,(H,20,22). The summed E-state index contributed by atoms with van der Waals surface area (Å²) in [6.45, 7) is 11.0. The molecule has 2 rings (SSSR count). The molecule has 1 fully saturated rings. The van der Waals surface area contributed by atoms with Gasteiger partial charge in [0.2, 0.25) is 5.91 Å². The highest BCUT2D eigenvalue weighted by Crippen LogP contribution is 2.27. The zero-order valence-electron chi connectivity index (χ0n) is 14.5. The van der Waals surface area contributed by atoms with Crippen LogP contribution in [0.25, 0.3) is 0 Å². The Morgan fingerprint density at radius 3 is 2.74 bits per heavy atom. The van der Waals surface area contributed by atoms with Crippen LogP contribution in [0.4, 0.5) is 5.69 Å². The molecule has 1 aliphatic heterocycles. The van der Waals surface area contributed by atoms with Gasteiger partial charge < -0.3 is 15.4 Å². The molecule has 1 unspecified atom stereocenters. The third-order valence-corrected chi connectivity index (χ3v) is 4.25. The van der Waals surface area contributed by atoms with Crippen molar-refractivity contribution in [3.8, 4) is 5.75 Å². The average molecular weight is 319 g/mol. The Morgan fingerprint density at radius 2 is 2.09 bits per heavy atom. The zero-order valence-corrected chi connectivity index (χ0v) is 14.5. The Balaban J connectivity index is 2.06. The third-order valence-electron chi connectivity index (χ3n) is 4.25. The molecule has 1 aromatic carbocycles. The summed E-state index contributed by atoms with van der Waals surface area (Å²) in [6, 6.07) is 6.61. The second kappa shape index (κ2) is 8.89. The van der Waals surface area contributed by atoms with Gasteiger partial charge in [0.05, 0.1) is 12.3 Å². The van der Waals surface area contributed by atoms with Crippen molar-refractivity contribution in [2.24, 2.45) is 0 Å². The lowest BCUT2D eigenvalue weighted by atomic mass is 10.0. The lowest BCUT2D eigenvalue weighted by Gasteiger charge is -2.33. The maximum Gasteiger partial charge on any atom is 0.224 e. The highest BCUT2D eigenvalue weighted by Gasteiger charge is 2.17. The van der Waals surface area contributed by atoms with E-state index in [0.29, 0.717) is 19.1 Å². The van der Waals surface area contributed by atoms with Crippen molar-refractivity contribution in [1.82, 2.24) is 10.2 Å². The van der Waals surface area contributed by atoms with Gasteiger partial charge >= 0.3 is 0 Å². The summed E-state index contributed by atoms with van der Waals surface area (Å²) < 4.78 is 5.71. The molecule has 0 aromatic heterocycles. The van der Waals surface area contributed by atoms with Crippen LogP contribution in [0.2, 0.25) is 0 Å². The Kier molecular flexibility index (Phi) is 6.86. The lowest BCUT2D eigenvalue weighted by Crippen LogP contribution is -2.48. The SMILES string of the molecule is CCOc1cc(CC(C)N2CCNCC2)ccc1NC(=O)CC. The van der Waals surface area contributed by atoms with Gasteiger partial charge in [-0.05, 0) is 38.0 Å². The number of piperazine rings is 1. The summed E-state index contributed by atoms with van der Waals surface area (Å²) in [6.07, 6.45) is 1.45. The monoisotopic (exact) mass is 319 g/mol. The largest absolute Gasteiger partial charge is 0.492 e. The van der Waals surface area contributed by atoms with E-state index in [1.54, 1.807) is 0 Å². The number of benzene rings is 1. The van der Waals surface area contributed by atoms with E-state index in [4.69, 9.17) is 4.74 Å². The minimum Gasteiger partial charge on any atom is -0.492 e. The maximum atomic E-state index is 11.6. The molecular formula is C18H29N3O2. The van der Waals surface area contributed by atoms with Gasteiger partial charge in [-0.2, -0.15) is 0 Å². The van der Waals surface area contributed by atoms with Gasteiger partial charge in [0.15, 0.2) is 0 Å². The van der Waals surface area contributed by atoms with E-state index in [2.05, 4.69) is 34.6 Å². The first-order valence-electron chi connectivity index (χ1n) is 8.64. The number of rotatable bonds is 7. The molecule has 0 aliphatic carbocycles. The number of ether oxygens (including phenoxy) is 1. The highest BCUT2D eigenvalue weighted by atomic mass is 16.5. The van der Waals surface area contributed by atoms with Crippen molar-refractivity contribution < 1.29 is 9.53 Å². The molecule has 0 spiro atoms. The molecule has 2 N–H and O–H groups in total. The predicted molar refractivity (Wildman–Crippen MR) is 94.1 cm³/mol. The summed E-state index contributed by atoms with van der Waals surface area (Å²) in [5.74, 6) is 0.771. The van der Waals surface area contributed by atoms with E-state index < -0.39 is 0 Å². The summed E-state index contributed by atoms with van der Waals surface area (Å²) in [5, 5.41) is 6.29. The Labute approximate surface area is 139 Å². The van der Waals surface area contributed by atoms with Crippen LogP contribution in [-0.4, -0.2) is 49.6 Å². The van der Waals surface area contributed by atoms with Gasteiger partial charge in [-0.15, -0.1) is 0 Å². The van der Waals surface area contributed by atoms with Gasteiger partial charge in [-0.3, -0.25) is 9.69 Å². The van der Waals surface area contributed by atoms with Crippen LogP contribution in [0, 0.1) is 0 Å². The molecule has 1 saturated heterocycles. The number of hydrogen-bond acceptors (Lipinski definition) is 4. The summed E-state index contributed by atoms with van der Waals surface area (Å²) >= 11 is 0. The van der Waals surface area contributed by atoms with Gasteiger partial charge in [0.25, 0.3) is 0 Å². The summed E-state index contributed by atoms with van der Waals surface area (Å²) in [7, 11) is 0. The number of anilines is 1. The van der Waals surface area contributed by atoms with Crippen LogP contribution in [-0.2, 0) is 11.2 Å². The lowest BCUT2D eigenvalue weighted by molar-refractivity contribution is -0.115. The normalized spacial score (nSPS) is 16.8. The minimum absolute atomic E-state index is 0.00730. The van der Waals surface area contributed by atoms with Crippen LogP contribution in [0.15, 0.2) is 18.2 Å². The Hall–Kier alpha value is -1.59. The molecule has 1 aromatic rings. The fourth-order valence-corrected chi connectivity index (χ4v) is 2.90. The van der Waals surface area contributed by atoms with Gasteiger partial charge in [0, 0.05) is 38.6 Å². The summed E-state index contributed by atoms with van der Waals surface area (Å²) in [4.78, 5) is 14.1. The number of amides is 1. The van der Waals surface area contributed by atoms with E-state index in [1.807, 2.05) is 19.9 Å². The number of carbonyl (C=O) groups excluding carboxylic acids is 1. The second-order valence-electron chi connectivity index (χ2n) is 6.00. The minimum atomic E-state index is 0.00730. The molecule has 128 valence electrons. The number of hydrogen-bond donors (Lipinski definition) is 2. The summed E-state index contributed by atoms with van der Waals surface area (Å²) in [5.41, 5.74) is 2.01. The molecule has 0 saturated carbocycles. The van der Waals surface area contributed by atoms with Crippen LogP contribution in [0.5, 0.6) is 5.75 Å². The van der Waals surface area contributed by atoms with Crippen molar-refractivity contribution in [2.75, 3.05) is 38.1 Å². The fourth-order valence-electron chi connectivity index (χ4n) is 2.90. The average Bonchev–Trinajstić information content (AvgIpc) is 2.58. The van der Waals surface area contributed by atoms with Crippen LogP contribution < -0.4 is 15.4 Å². The zero-order chi connectivity index (χ0) is 16.7. The quantitative estimate of drug-likeness (QED) is 0.809. The van der Waals surface area contributed by atoms with Crippen molar-refractivity contribution in [1.29, 1.82) is 0 Å². The second-order valence-corrected chi connectivity index (χ2v) is 6.00. The maximum absolute atomic E-state index is 11.6. The molecule has 5 heteroatoms. The van der Waals surface area contributed by atoms with Gasteiger partial charge in [-0.25, -0.2) is 0 Å². The van der Waals surface area contributed by atoms with Crippen molar-refractivity contribution in [3.05, 3.63) is 23.8 Å². The van der Waals surface area contributed by atoms with E-state index >= 15 is 0 Å². The molecule has 5 nitrogen and oxygen atoms in total. The fraction of sp³-hybridized carbons (Fsp3) is 0.611. The van der Waals surface area contributed by atoms with Crippen molar-refractivity contribution in [3.63, 3.8) is 0 Å². The topological polar surface area (TPSA) is 53.6 Å². The van der Waals surface area contributed by atoms with Gasteiger partial charge in [-0.1, -0.05) is 13.0 Å². The molecule has 1 aliphatic rings. The van der Waals surface area contributed by atoms with E-state index in [-0.39, 0.29) is 5.91 Å². The first-order valence-corrected chi connectivity index (χ1v) is 8.64. The highest BCUT2D eigenvalue weighted by molar-refractivity contribution is 5.92. The van der Waals surface area contributed by atoms with Crippen LogP contribution in [0.1, 0.15) is 32.8 Å². The number of nitrogens with one attached hydrogen (secondary N) is 2. The molecule has 0 bridgehead atoms. The van der Waals surface area contributed by atoms with Crippen LogP contribution in [0.3, 0.4) is 0 Å². The van der Waals surface area contributed by atoms with Crippen molar-refractivity contribution in [2.45, 2.75) is 39.7 Å². The smallest absolute Gasteiger partial charge is 0.224 e. The van der Waals surface area contributed by atoms with E-state index in [0.717, 1.165) is 44.0 Å². The first kappa shape index (κ1) is 17.8.